The van der Waals surface area contributed by atoms with Crippen molar-refractivity contribution >= 4 is 11.8 Å². The number of ether oxygens (including phenoxy) is 1. The maximum atomic E-state index is 11.8. The first-order valence-electron chi connectivity index (χ1n) is 3.99. The molecular weight excluding hydrogens is 244 g/mol. The maximum Gasteiger partial charge on any atom is 0.438 e. The molecule has 0 atom stereocenters. The molecule has 0 saturated carbocycles. The predicted octanol–water partition coefficient (Wildman–Crippen LogP) is 3.10. The first kappa shape index (κ1) is 14.7. The number of hydrogen-bond acceptors (Lipinski definition) is 2. The SMILES string of the molecule is CCCOC(=O)N=C(C(F)(F)F)C(F)(F)F. The van der Waals surface area contributed by atoms with Crippen molar-refractivity contribution in [3.63, 3.8) is 0 Å². The van der Waals surface area contributed by atoms with Crippen LogP contribution in [-0.2, 0) is 4.74 Å². The molecule has 94 valence electrons. The van der Waals surface area contributed by atoms with Crippen molar-refractivity contribution < 1.29 is 35.9 Å². The summed E-state index contributed by atoms with van der Waals surface area (Å²) in [5.41, 5.74) is -3.12. The van der Waals surface area contributed by atoms with Gasteiger partial charge in [0, 0.05) is 0 Å². The van der Waals surface area contributed by atoms with Crippen LogP contribution in [0.3, 0.4) is 0 Å². The summed E-state index contributed by atoms with van der Waals surface area (Å²) < 4.78 is 75.0. The zero-order chi connectivity index (χ0) is 13.0. The van der Waals surface area contributed by atoms with E-state index in [4.69, 9.17) is 0 Å². The summed E-state index contributed by atoms with van der Waals surface area (Å²) in [6.07, 6.45) is -13.1. The third kappa shape index (κ3) is 4.99. The number of carbonyl (C=O) groups excluding carboxylic acids is 1. The Bertz CT molecular complexity index is 264. The van der Waals surface area contributed by atoms with Crippen LogP contribution in [0.25, 0.3) is 0 Å². The molecule has 0 aromatic rings. The number of hydrogen-bond donors (Lipinski definition) is 0. The van der Waals surface area contributed by atoms with Crippen LogP contribution in [0.4, 0.5) is 31.1 Å². The predicted molar refractivity (Wildman–Crippen MR) is 41.2 cm³/mol. The summed E-state index contributed by atoms with van der Waals surface area (Å²) in [6.45, 7) is 1.22. The molecule has 3 nitrogen and oxygen atoms in total. The largest absolute Gasteiger partial charge is 0.448 e. The third-order valence-electron chi connectivity index (χ3n) is 1.17. The van der Waals surface area contributed by atoms with E-state index in [0.717, 1.165) is 0 Å². The molecule has 0 aliphatic carbocycles. The van der Waals surface area contributed by atoms with Crippen LogP contribution in [-0.4, -0.2) is 30.8 Å². The Kier molecular flexibility index (Phi) is 4.76. The van der Waals surface area contributed by atoms with Crippen LogP contribution in [0, 0.1) is 0 Å². The second-order valence-electron chi connectivity index (χ2n) is 2.57. The van der Waals surface area contributed by atoms with Crippen LogP contribution in [0.15, 0.2) is 4.99 Å². The molecule has 0 rings (SSSR count). The maximum absolute atomic E-state index is 11.8. The van der Waals surface area contributed by atoms with Gasteiger partial charge in [-0.3, -0.25) is 0 Å². The minimum Gasteiger partial charge on any atom is -0.448 e. The monoisotopic (exact) mass is 251 g/mol. The molecule has 0 radical (unpaired) electrons. The molecular formula is C7H7F6NO2. The van der Waals surface area contributed by atoms with Crippen LogP contribution >= 0.6 is 0 Å². The Morgan fingerprint density at radius 2 is 1.56 bits per heavy atom. The quantitative estimate of drug-likeness (QED) is 0.558. The van der Waals surface area contributed by atoms with Crippen LogP contribution < -0.4 is 0 Å². The van der Waals surface area contributed by atoms with Crippen molar-refractivity contribution in [3.8, 4) is 0 Å². The standard InChI is InChI=1S/C7H7F6NO2/c1-2-3-16-5(15)14-4(6(8,9)10)7(11,12)13/h2-3H2,1H3. The molecule has 9 heteroatoms. The number of carbonyl (C=O) groups is 1. The topological polar surface area (TPSA) is 38.7 Å². The van der Waals surface area contributed by atoms with Crippen LogP contribution in [0.1, 0.15) is 13.3 Å². The summed E-state index contributed by atoms with van der Waals surface area (Å²) in [4.78, 5) is 12.4. The molecule has 0 N–H and O–H groups in total. The van der Waals surface area contributed by atoms with Crippen LogP contribution in [0.2, 0.25) is 0 Å². The third-order valence-corrected chi connectivity index (χ3v) is 1.17. The number of alkyl halides is 6. The fourth-order valence-electron chi connectivity index (χ4n) is 0.600. The minimum absolute atomic E-state index is 0.259. The molecule has 0 spiro atoms. The van der Waals surface area contributed by atoms with Gasteiger partial charge in [0.25, 0.3) is 0 Å². The van der Waals surface area contributed by atoms with Crippen LogP contribution in [0.5, 0.6) is 0 Å². The van der Waals surface area contributed by atoms with Crippen molar-refractivity contribution in [1.82, 2.24) is 0 Å². The van der Waals surface area contributed by atoms with Gasteiger partial charge in [-0.2, -0.15) is 31.3 Å². The molecule has 0 heterocycles. The summed E-state index contributed by atoms with van der Waals surface area (Å²) in [5, 5.41) is 0. The van der Waals surface area contributed by atoms with Crippen molar-refractivity contribution in [2.45, 2.75) is 25.7 Å². The summed E-state index contributed by atoms with van der Waals surface area (Å²) in [5.74, 6) is 0. The lowest BCUT2D eigenvalue weighted by Crippen LogP contribution is -2.37. The van der Waals surface area contributed by atoms with E-state index in [-0.39, 0.29) is 13.0 Å². The molecule has 16 heavy (non-hydrogen) atoms. The lowest BCUT2D eigenvalue weighted by Gasteiger charge is -2.12. The second kappa shape index (κ2) is 5.17. The van der Waals surface area contributed by atoms with Crippen molar-refractivity contribution in [1.29, 1.82) is 0 Å². The number of aliphatic imine (C=N–C) groups is 1. The van der Waals surface area contributed by atoms with E-state index in [2.05, 4.69) is 4.74 Å². The van der Waals surface area contributed by atoms with E-state index >= 15 is 0 Å². The fourth-order valence-corrected chi connectivity index (χ4v) is 0.600. The Morgan fingerprint density at radius 3 is 1.88 bits per heavy atom. The second-order valence-corrected chi connectivity index (χ2v) is 2.57. The zero-order valence-electron chi connectivity index (χ0n) is 7.95. The molecule has 0 aromatic carbocycles. The van der Waals surface area contributed by atoms with E-state index in [1.807, 2.05) is 4.99 Å². The Labute approximate surface area is 86.1 Å². The average Bonchev–Trinajstić information content (AvgIpc) is 2.07. The van der Waals surface area contributed by atoms with Gasteiger partial charge in [-0.15, -0.1) is 0 Å². The van der Waals surface area contributed by atoms with E-state index in [9.17, 15) is 31.1 Å². The van der Waals surface area contributed by atoms with Gasteiger partial charge in [-0.05, 0) is 6.42 Å². The smallest absolute Gasteiger partial charge is 0.438 e. The molecule has 0 saturated heterocycles. The van der Waals surface area contributed by atoms with Gasteiger partial charge < -0.3 is 4.74 Å². The Morgan fingerprint density at radius 1 is 1.12 bits per heavy atom. The molecule has 0 bridgehead atoms. The highest BCUT2D eigenvalue weighted by Gasteiger charge is 2.53. The van der Waals surface area contributed by atoms with Crippen molar-refractivity contribution in [3.05, 3.63) is 0 Å². The summed E-state index contributed by atoms with van der Waals surface area (Å²) >= 11 is 0. The van der Waals surface area contributed by atoms with E-state index in [1.165, 1.54) is 6.92 Å². The molecule has 0 aromatic heterocycles. The Balaban J connectivity index is 4.92. The number of nitrogens with zero attached hydrogens (tertiary/aromatic N) is 1. The first-order chi connectivity index (χ1) is 7.09. The molecule has 0 unspecified atom stereocenters. The number of rotatable bonds is 2. The van der Waals surface area contributed by atoms with E-state index in [0.29, 0.717) is 0 Å². The van der Waals surface area contributed by atoms with Gasteiger partial charge >= 0.3 is 18.4 Å². The highest BCUT2D eigenvalue weighted by molar-refractivity contribution is 6.00. The highest BCUT2D eigenvalue weighted by Crippen LogP contribution is 2.30. The van der Waals surface area contributed by atoms with Gasteiger partial charge in [0.15, 0.2) is 0 Å². The van der Waals surface area contributed by atoms with Gasteiger partial charge in [0.05, 0.1) is 6.61 Å². The average molecular weight is 251 g/mol. The number of amides is 1. The lowest BCUT2D eigenvalue weighted by molar-refractivity contribution is -0.118. The van der Waals surface area contributed by atoms with Crippen molar-refractivity contribution in [2.24, 2.45) is 4.99 Å². The Hall–Kier alpha value is -1.28. The fraction of sp³-hybridized carbons (Fsp3) is 0.714. The molecule has 0 fully saturated rings. The minimum atomic E-state index is -5.75. The van der Waals surface area contributed by atoms with Gasteiger partial charge in [-0.1, -0.05) is 6.92 Å². The van der Waals surface area contributed by atoms with Gasteiger partial charge in [0.1, 0.15) is 0 Å². The van der Waals surface area contributed by atoms with Crippen molar-refractivity contribution in [2.75, 3.05) is 6.61 Å². The number of halogens is 6. The molecule has 1 amide bonds. The molecule has 0 aliphatic heterocycles. The summed E-state index contributed by atoms with van der Waals surface area (Å²) in [7, 11) is 0. The zero-order valence-corrected chi connectivity index (χ0v) is 7.95. The molecule has 0 aliphatic rings. The van der Waals surface area contributed by atoms with Gasteiger partial charge in [-0.25, -0.2) is 4.79 Å². The van der Waals surface area contributed by atoms with E-state index < -0.39 is 24.2 Å². The first-order valence-corrected chi connectivity index (χ1v) is 3.99. The van der Waals surface area contributed by atoms with Gasteiger partial charge in [0.2, 0.25) is 5.71 Å². The van der Waals surface area contributed by atoms with E-state index in [1.54, 1.807) is 0 Å². The highest BCUT2D eigenvalue weighted by atomic mass is 19.4. The lowest BCUT2D eigenvalue weighted by atomic mass is 10.3. The normalized spacial score (nSPS) is 12.2. The summed E-state index contributed by atoms with van der Waals surface area (Å²) in [6, 6.07) is 0.